The minimum absolute atomic E-state index is 0.284. The van der Waals surface area contributed by atoms with Crippen LogP contribution < -0.4 is 5.32 Å². The van der Waals surface area contributed by atoms with E-state index in [9.17, 15) is 14.7 Å². The van der Waals surface area contributed by atoms with Crippen molar-refractivity contribution in [1.82, 2.24) is 10.3 Å². The molecule has 6 nitrogen and oxygen atoms in total. The number of thiazole rings is 1. The quantitative estimate of drug-likeness (QED) is 0.848. The first kappa shape index (κ1) is 13.0. The van der Waals surface area contributed by atoms with Crippen molar-refractivity contribution in [3.8, 4) is 0 Å². The Morgan fingerprint density at radius 3 is 2.67 bits per heavy atom. The molecule has 1 aromatic heterocycles. The molecule has 0 atom stereocenters. The highest BCUT2D eigenvalue weighted by molar-refractivity contribution is 7.13. The van der Waals surface area contributed by atoms with Crippen LogP contribution in [0.15, 0.2) is 6.20 Å². The van der Waals surface area contributed by atoms with E-state index in [2.05, 4.69) is 10.3 Å². The number of aryl methyl sites for hydroxylation is 1. The number of nitrogens with zero attached hydrogens (tertiary/aromatic N) is 1. The molecule has 0 spiro atoms. The first-order valence-electron chi connectivity index (χ1n) is 5.60. The van der Waals surface area contributed by atoms with Gasteiger partial charge >= 0.3 is 5.97 Å². The monoisotopic (exact) mass is 270 g/mol. The summed E-state index contributed by atoms with van der Waals surface area (Å²) in [6.07, 6.45) is 2.03. The first-order valence-corrected chi connectivity index (χ1v) is 6.41. The third-order valence-corrected chi connectivity index (χ3v) is 3.87. The van der Waals surface area contributed by atoms with Crippen molar-refractivity contribution in [3.05, 3.63) is 16.1 Å². The predicted molar refractivity (Wildman–Crippen MR) is 64.7 cm³/mol. The third-order valence-electron chi connectivity index (χ3n) is 2.95. The average molecular weight is 270 g/mol. The maximum absolute atomic E-state index is 12.0. The third kappa shape index (κ3) is 2.51. The molecule has 2 rings (SSSR count). The Labute approximate surface area is 108 Å². The summed E-state index contributed by atoms with van der Waals surface area (Å²) in [7, 11) is 0. The van der Waals surface area contributed by atoms with Crippen LogP contribution >= 0.6 is 11.3 Å². The number of rotatable bonds is 3. The molecule has 1 amide bonds. The van der Waals surface area contributed by atoms with Gasteiger partial charge < -0.3 is 15.2 Å². The van der Waals surface area contributed by atoms with E-state index >= 15 is 0 Å². The molecule has 98 valence electrons. The van der Waals surface area contributed by atoms with E-state index in [0.717, 1.165) is 5.01 Å². The number of carbonyl (C=O) groups is 2. The normalized spacial score (nSPS) is 18.3. The van der Waals surface area contributed by atoms with E-state index < -0.39 is 11.5 Å². The molecule has 1 aliphatic heterocycles. The fourth-order valence-corrected chi connectivity index (χ4v) is 2.53. The summed E-state index contributed by atoms with van der Waals surface area (Å²) >= 11 is 1.25. The van der Waals surface area contributed by atoms with Crippen LogP contribution in [0.25, 0.3) is 0 Å². The maximum atomic E-state index is 12.0. The molecule has 1 saturated heterocycles. The number of hydrogen-bond acceptors (Lipinski definition) is 5. The highest BCUT2D eigenvalue weighted by Gasteiger charge is 2.41. The fraction of sp³-hybridized carbons (Fsp3) is 0.545. The Hall–Kier alpha value is -1.47. The van der Waals surface area contributed by atoms with E-state index in [0.29, 0.717) is 18.1 Å². The van der Waals surface area contributed by atoms with Gasteiger partial charge in [0.05, 0.1) is 11.2 Å². The first-order chi connectivity index (χ1) is 8.53. The standard InChI is InChI=1S/C11H14N2O4S/c1-7-12-6-8(18-7)9(14)13-11(10(15)16)2-4-17-5-3-11/h6H,2-5H2,1H3,(H,13,14)(H,15,16). The number of hydrogen-bond donors (Lipinski definition) is 2. The van der Waals surface area contributed by atoms with Crippen LogP contribution in [-0.4, -0.2) is 40.7 Å². The van der Waals surface area contributed by atoms with Gasteiger partial charge in [0.1, 0.15) is 10.4 Å². The van der Waals surface area contributed by atoms with Gasteiger partial charge in [-0.15, -0.1) is 11.3 Å². The number of carboxylic acid groups (broad SMARTS) is 1. The SMILES string of the molecule is Cc1ncc(C(=O)NC2(C(=O)O)CCOCC2)s1. The highest BCUT2D eigenvalue weighted by Crippen LogP contribution is 2.22. The van der Waals surface area contributed by atoms with Gasteiger partial charge in [0.25, 0.3) is 5.91 Å². The van der Waals surface area contributed by atoms with Crippen molar-refractivity contribution in [2.45, 2.75) is 25.3 Å². The summed E-state index contributed by atoms with van der Waals surface area (Å²) in [5.41, 5.74) is -1.22. The van der Waals surface area contributed by atoms with Gasteiger partial charge in [-0.25, -0.2) is 9.78 Å². The molecule has 7 heteroatoms. The van der Waals surface area contributed by atoms with Gasteiger partial charge in [0.2, 0.25) is 0 Å². The molecule has 2 heterocycles. The molecule has 2 N–H and O–H groups in total. The summed E-state index contributed by atoms with van der Waals surface area (Å²) < 4.78 is 5.14. The van der Waals surface area contributed by atoms with Crippen LogP contribution in [0.3, 0.4) is 0 Å². The Bertz CT molecular complexity index is 465. The van der Waals surface area contributed by atoms with Crippen LogP contribution in [0.5, 0.6) is 0 Å². The zero-order valence-corrected chi connectivity index (χ0v) is 10.7. The Morgan fingerprint density at radius 2 is 2.17 bits per heavy atom. The van der Waals surface area contributed by atoms with Gasteiger partial charge in [-0.3, -0.25) is 4.79 Å². The van der Waals surface area contributed by atoms with Crippen molar-refractivity contribution < 1.29 is 19.4 Å². The number of nitrogens with one attached hydrogen (secondary N) is 1. The van der Waals surface area contributed by atoms with Crippen LogP contribution in [-0.2, 0) is 9.53 Å². The molecular formula is C11H14N2O4S. The summed E-state index contributed by atoms with van der Waals surface area (Å²) in [6.45, 7) is 2.48. The lowest BCUT2D eigenvalue weighted by molar-refractivity contribution is -0.148. The van der Waals surface area contributed by atoms with Crippen molar-refractivity contribution in [2.75, 3.05) is 13.2 Å². The summed E-state index contributed by atoms with van der Waals surface area (Å²) in [6, 6.07) is 0. The zero-order chi connectivity index (χ0) is 13.2. The van der Waals surface area contributed by atoms with Gasteiger partial charge in [0.15, 0.2) is 0 Å². The lowest BCUT2D eigenvalue weighted by Gasteiger charge is -2.33. The van der Waals surface area contributed by atoms with Gasteiger partial charge in [-0.1, -0.05) is 0 Å². The number of aromatic nitrogens is 1. The Morgan fingerprint density at radius 1 is 1.50 bits per heavy atom. The highest BCUT2D eigenvalue weighted by atomic mass is 32.1. The van der Waals surface area contributed by atoms with Crippen LogP contribution in [0.4, 0.5) is 0 Å². The van der Waals surface area contributed by atoms with E-state index in [-0.39, 0.29) is 18.7 Å². The maximum Gasteiger partial charge on any atom is 0.329 e. The summed E-state index contributed by atoms with van der Waals surface area (Å²) in [5, 5.41) is 12.7. The second-order valence-corrected chi connectivity index (χ2v) is 5.43. The Kier molecular flexibility index (Phi) is 3.63. The smallest absolute Gasteiger partial charge is 0.329 e. The summed E-state index contributed by atoms with van der Waals surface area (Å²) in [4.78, 5) is 27.8. The lowest BCUT2D eigenvalue weighted by atomic mass is 9.90. The minimum Gasteiger partial charge on any atom is -0.480 e. The lowest BCUT2D eigenvalue weighted by Crippen LogP contribution is -2.57. The van der Waals surface area contributed by atoms with E-state index in [1.54, 1.807) is 6.92 Å². The number of carbonyl (C=O) groups excluding carboxylic acids is 1. The number of ether oxygens (including phenoxy) is 1. The fourth-order valence-electron chi connectivity index (χ4n) is 1.86. The number of carboxylic acids is 1. The molecule has 0 bridgehead atoms. The second-order valence-electron chi connectivity index (χ2n) is 4.20. The molecule has 0 unspecified atom stereocenters. The molecule has 1 aliphatic rings. The van der Waals surface area contributed by atoms with E-state index in [1.165, 1.54) is 17.5 Å². The minimum atomic E-state index is -1.22. The molecular weight excluding hydrogens is 256 g/mol. The van der Waals surface area contributed by atoms with Crippen LogP contribution in [0.2, 0.25) is 0 Å². The number of amides is 1. The second kappa shape index (κ2) is 5.03. The molecule has 1 aromatic rings. The van der Waals surface area contributed by atoms with Crippen LogP contribution in [0.1, 0.15) is 27.5 Å². The van der Waals surface area contributed by atoms with Crippen molar-refractivity contribution in [2.24, 2.45) is 0 Å². The van der Waals surface area contributed by atoms with E-state index in [4.69, 9.17) is 4.74 Å². The average Bonchev–Trinajstić information content (AvgIpc) is 2.77. The molecule has 18 heavy (non-hydrogen) atoms. The predicted octanol–water partition coefficient (Wildman–Crippen LogP) is 0.815. The van der Waals surface area contributed by atoms with Crippen LogP contribution in [0, 0.1) is 6.92 Å². The van der Waals surface area contributed by atoms with Gasteiger partial charge in [0, 0.05) is 26.1 Å². The van der Waals surface area contributed by atoms with Crippen molar-refractivity contribution in [1.29, 1.82) is 0 Å². The molecule has 0 radical (unpaired) electrons. The number of aliphatic carboxylic acids is 1. The van der Waals surface area contributed by atoms with Gasteiger partial charge in [-0.05, 0) is 6.92 Å². The molecule has 0 saturated carbocycles. The van der Waals surface area contributed by atoms with Gasteiger partial charge in [-0.2, -0.15) is 0 Å². The summed E-state index contributed by atoms with van der Waals surface area (Å²) in [5.74, 6) is -1.40. The molecule has 1 fully saturated rings. The largest absolute Gasteiger partial charge is 0.480 e. The molecule has 0 aromatic carbocycles. The van der Waals surface area contributed by atoms with E-state index in [1.807, 2.05) is 0 Å². The Balaban J connectivity index is 2.14. The van der Waals surface area contributed by atoms with Crippen molar-refractivity contribution in [3.63, 3.8) is 0 Å². The topological polar surface area (TPSA) is 88.5 Å². The molecule has 0 aliphatic carbocycles. The van der Waals surface area contributed by atoms with Crippen molar-refractivity contribution >= 4 is 23.2 Å². The zero-order valence-electron chi connectivity index (χ0n) is 9.93.